The molecule has 0 unspecified atom stereocenters. The summed E-state index contributed by atoms with van der Waals surface area (Å²) in [4.78, 5) is 29.3. The summed E-state index contributed by atoms with van der Waals surface area (Å²) in [6.07, 6.45) is 0. The van der Waals surface area contributed by atoms with E-state index in [2.05, 4.69) is 24.1 Å². The van der Waals surface area contributed by atoms with Crippen molar-refractivity contribution in [2.75, 3.05) is 18.5 Å². The molecule has 0 fully saturated rings. The second-order valence-electron chi connectivity index (χ2n) is 6.70. The standard InChI is InChI=1S/C21H24N2O6/c1-6-26-19(24)16-12(5)28-18(17(16)20(25)27-7-2)23-21-22-14-10-13(11(3)4)8-9-15(14)29-21/h8-11H,6-7H2,1-5H3,(H,22,23). The quantitative estimate of drug-likeness (QED) is 0.556. The highest BCUT2D eigenvalue weighted by atomic mass is 16.5. The number of furan rings is 1. The molecule has 1 aromatic carbocycles. The average molecular weight is 400 g/mol. The lowest BCUT2D eigenvalue weighted by Gasteiger charge is -2.05. The van der Waals surface area contributed by atoms with Crippen molar-refractivity contribution in [3.05, 3.63) is 40.6 Å². The van der Waals surface area contributed by atoms with E-state index in [-0.39, 0.29) is 42.0 Å². The SMILES string of the molecule is CCOC(=O)c1c(C)oc(Nc2nc3cc(C(C)C)ccc3o2)c1C(=O)OCC. The molecule has 0 radical (unpaired) electrons. The number of aryl methyl sites for hydroxylation is 1. The van der Waals surface area contributed by atoms with Gasteiger partial charge >= 0.3 is 18.0 Å². The van der Waals surface area contributed by atoms with Crippen molar-refractivity contribution >= 4 is 34.9 Å². The zero-order valence-electron chi connectivity index (χ0n) is 17.1. The predicted molar refractivity (Wildman–Crippen MR) is 107 cm³/mol. The van der Waals surface area contributed by atoms with Gasteiger partial charge in [-0.25, -0.2) is 9.59 Å². The van der Waals surface area contributed by atoms with Crippen LogP contribution in [0.4, 0.5) is 11.9 Å². The molecule has 0 bridgehead atoms. The Bertz CT molecular complexity index is 1050. The molecular weight excluding hydrogens is 376 g/mol. The van der Waals surface area contributed by atoms with Crippen molar-refractivity contribution in [3.8, 4) is 0 Å². The third kappa shape index (κ3) is 4.11. The Kier molecular flexibility index (Phi) is 5.91. The van der Waals surface area contributed by atoms with E-state index < -0.39 is 11.9 Å². The smallest absolute Gasteiger partial charge is 0.344 e. The van der Waals surface area contributed by atoms with Crippen LogP contribution in [0.3, 0.4) is 0 Å². The zero-order valence-corrected chi connectivity index (χ0v) is 17.1. The van der Waals surface area contributed by atoms with Crippen LogP contribution < -0.4 is 5.32 Å². The van der Waals surface area contributed by atoms with Crippen molar-refractivity contribution in [2.45, 2.75) is 40.5 Å². The first-order chi connectivity index (χ1) is 13.8. The molecule has 3 rings (SSSR count). The van der Waals surface area contributed by atoms with Crippen molar-refractivity contribution in [1.29, 1.82) is 0 Å². The summed E-state index contributed by atoms with van der Waals surface area (Å²) < 4.78 is 21.5. The number of carbonyl (C=O) groups excluding carboxylic acids is 2. The molecule has 1 N–H and O–H groups in total. The number of hydrogen-bond donors (Lipinski definition) is 1. The molecule has 0 aliphatic heterocycles. The molecule has 154 valence electrons. The summed E-state index contributed by atoms with van der Waals surface area (Å²) in [7, 11) is 0. The number of esters is 2. The number of anilines is 2. The minimum Gasteiger partial charge on any atom is -0.462 e. The van der Waals surface area contributed by atoms with Crippen LogP contribution in [-0.4, -0.2) is 30.1 Å². The van der Waals surface area contributed by atoms with Gasteiger partial charge in [0.15, 0.2) is 5.58 Å². The maximum Gasteiger partial charge on any atom is 0.344 e. The molecule has 0 saturated heterocycles. The number of aromatic nitrogens is 1. The first-order valence-corrected chi connectivity index (χ1v) is 9.50. The Labute approximate surface area is 168 Å². The van der Waals surface area contributed by atoms with Crippen LogP contribution in [0.1, 0.15) is 65.7 Å². The molecule has 0 amide bonds. The van der Waals surface area contributed by atoms with E-state index in [1.165, 1.54) is 0 Å². The first kappa shape index (κ1) is 20.4. The minimum atomic E-state index is -0.701. The number of nitrogens with one attached hydrogen (secondary N) is 1. The number of hydrogen-bond acceptors (Lipinski definition) is 8. The fraction of sp³-hybridized carbons (Fsp3) is 0.381. The van der Waals surface area contributed by atoms with Crippen molar-refractivity contribution in [1.82, 2.24) is 4.98 Å². The van der Waals surface area contributed by atoms with Crippen LogP contribution in [0.15, 0.2) is 27.0 Å². The largest absolute Gasteiger partial charge is 0.462 e. The highest BCUT2D eigenvalue weighted by molar-refractivity contribution is 6.07. The third-order valence-electron chi connectivity index (χ3n) is 4.34. The van der Waals surface area contributed by atoms with Gasteiger partial charge in [-0.05, 0) is 44.4 Å². The fourth-order valence-corrected chi connectivity index (χ4v) is 2.93. The topological polar surface area (TPSA) is 104 Å². The maximum absolute atomic E-state index is 12.5. The summed E-state index contributed by atoms with van der Waals surface area (Å²) in [5.41, 5.74) is 2.36. The number of carbonyl (C=O) groups is 2. The second kappa shape index (κ2) is 8.38. The number of rotatable bonds is 7. The third-order valence-corrected chi connectivity index (χ3v) is 4.34. The molecule has 0 aliphatic rings. The van der Waals surface area contributed by atoms with E-state index in [9.17, 15) is 9.59 Å². The maximum atomic E-state index is 12.5. The molecule has 2 aromatic heterocycles. The van der Waals surface area contributed by atoms with Crippen molar-refractivity contribution in [2.24, 2.45) is 0 Å². The molecule has 2 heterocycles. The summed E-state index contributed by atoms with van der Waals surface area (Å²) in [5, 5.41) is 2.86. The lowest BCUT2D eigenvalue weighted by atomic mass is 10.0. The minimum absolute atomic E-state index is 0.0136. The Morgan fingerprint density at radius 3 is 2.34 bits per heavy atom. The number of ether oxygens (including phenoxy) is 2. The Morgan fingerprint density at radius 1 is 1.07 bits per heavy atom. The van der Waals surface area contributed by atoms with Gasteiger partial charge in [-0.1, -0.05) is 19.9 Å². The van der Waals surface area contributed by atoms with Gasteiger partial charge in [0.05, 0.1) is 13.2 Å². The van der Waals surface area contributed by atoms with E-state index in [1.54, 1.807) is 20.8 Å². The van der Waals surface area contributed by atoms with Gasteiger partial charge in [0, 0.05) is 0 Å². The zero-order chi connectivity index (χ0) is 21.1. The van der Waals surface area contributed by atoms with Crippen LogP contribution in [-0.2, 0) is 9.47 Å². The van der Waals surface area contributed by atoms with Gasteiger partial charge in [-0.15, -0.1) is 0 Å². The van der Waals surface area contributed by atoms with Gasteiger partial charge in [0.1, 0.15) is 22.4 Å². The summed E-state index contributed by atoms with van der Waals surface area (Å²) >= 11 is 0. The molecule has 0 spiro atoms. The monoisotopic (exact) mass is 400 g/mol. The molecule has 3 aromatic rings. The first-order valence-electron chi connectivity index (χ1n) is 9.50. The molecule has 0 aliphatic carbocycles. The summed E-state index contributed by atoms with van der Waals surface area (Å²) in [5.74, 6) is -0.772. The highest BCUT2D eigenvalue weighted by Crippen LogP contribution is 2.32. The number of fused-ring (bicyclic) bond motifs is 1. The summed E-state index contributed by atoms with van der Waals surface area (Å²) in [6, 6.07) is 5.89. The predicted octanol–water partition coefficient (Wildman–Crippen LogP) is 4.95. The lowest BCUT2D eigenvalue weighted by molar-refractivity contribution is 0.0480. The number of benzene rings is 1. The van der Waals surface area contributed by atoms with Gasteiger partial charge < -0.3 is 18.3 Å². The van der Waals surface area contributed by atoms with Crippen LogP contribution in [0.5, 0.6) is 0 Å². The Hall–Kier alpha value is -3.29. The van der Waals surface area contributed by atoms with Crippen LogP contribution in [0.2, 0.25) is 0 Å². The van der Waals surface area contributed by atoms with Crippen LogP contribution in [0, 0.1) is 6.92 Å². The van der Waals surface area contributed by atoms with Crippen molar-refractivity contribution < 1.29 is 27.9 Å². The Balaban J connectivity index is 2.02. The van der Waals surface area contributed by atoms with Crippen LogP contribution in [0.25, 0.3) is 11.1 Å². The van der Waals surface area contributed by atoms with E-state index in [0.29, 0.717) is 17.0 Å². The number of oxazole rings is 1. The van der Waals surface area contributed by atoms with E-state index in [1.807, 2.05) is 18.2 Å². The molecular formula is C21H24N2O6. The van der Waals surface area contributed by atoms with Gasteiger partial charge in [0.25, 0.3) is 0 Å². The normalized spacial score (nSPS) is 11.1. The number of nitrogens with zero attached hydrogens (tertiary/aromatic N) is 1. The molecule has 8 heteroatoms. The van der Waals surface area contributed by atoms with E-state index >= 15 is 0 Å². The van der Waals surface area contributed by atoms with E-state index in [0.717, 1.165) is 5.56 Å². The van der Waals surface area contributed by atoms with Crippen molar-refractivity contribution in [3.63, 3.8) is 0 Å². The Morgan fingerprint density at radius 2 is 1.72 bits per heavy atom. The molecule has 29 heavy (non-hydrogen) atoms. The average Bonchev–Trinajstić information content (AvgIpc) is 3.21. The summed E-state index contributed by atoms with van der Waals surface area (Å²) in [6.45, 7) is 9.42. The van der Waals surface area contributed by atoms with E-state index in [4.69, 9.17) is 18.3 Å². The second-order valence-corrected chi connectivity index (χ2v) is 6.70. The molecule has 0 atom stereocenters. The molecule has 8 nitrogen and oxygen atoms in total. The van der Waals surface area contributed by atoms with Gasteiger partial charge in [-0.2, -0.15) is 4.98 Å². The van der Waals surface area contributed by atoms with Crippen LogP contribution >= 0.6 is 0 Å². The van der Waals surface area contributed by atoms with Gasteiger partial charge in [-0.3, -0.25) is 5.32 Å². The lowest BCUT2D eigenvalue weighted by Crippen LogP contribution is -2.14. The fourth-order valence-electron chi connectivity index (χ4n) is 2.93. The molecule has 0 saturated carbocycles. The highest BCUT2D eigenvalue weighted by Gasteiger charge is 2.31. The van der Waals surface area contributed by atoms with Gasteiger partial charge in [0.2, 0.25) is 5.88 Å².